The van der Waals surface area contributed by atoms with Gasteiger partial charge in [0.15, 0.2) is 0 Å². The van der Waals surface area contributed by atoms with E-state index in [1.807, 2.05) is 53.7 Å². The van der Waals surface area contributed by atoms with Gasteiger partial charge in [0.1, 0.15) is 0 Å². The minimum absolute atomic E-state index is 0.495. The molecule has 0 bridgehead atoms. The van der Waals surface area contributed by atoms with E-state index in [0.717, 1.165) is 64.9 Å². The van der Waals surface area contributed by atoms with Gasteiger partial charge in [-0.15, -0.1) is 0 Å². The molecule has 0 saturated carbocycles. The molecule has 0 spiro atoms. The summed E-state index contributed by atoms with van der Waals surface area (Å²) < 4.78 is 59.3. The molecule has 0 atom stereocenters. The Morgan fingerprint density at radius 2 is 0.905 bits per heavy atom. The smallest absolute Gasteiger partial charge is 0.329 e. The summed E-state index contributed by atoms with van der Waals surface area (Å²) in [7, 11) is -5.32. The summed E-state index contributed by atoms with van der Waals surface area (Å²) >= 11 is 0. The molecule has 0 saturated heterocycles. The van der Waals surface area contributed by atoms with Gasteiger partial charge in [0.25, 0.3) is 0 Å². The molecule has 2 aliphatic rings. The van der Waals surface area contributed by atoms with Crippen molar-refractivity contribution in [2.75, 3.05) is 0 Å². The van der Waals surface area contributed by atoms with Gasteiger partial charge in [-0.25, -0.2) is 0 Å². The topological polar surface area (TPSA) is 34.6 Å². The highest BCUT2D eigenvalue weighted by Gasteiger charge is 2.31. The maximum absolute atomic E-state index is 14.3. The number of hydrogen-bond acceptors (Lipinski definition) is 2. The zero-order valence-electron chi connectivity index (χ0n) is 25.6. The first kappa shape index (κ1) is 29.9. The number of rotatable bonds is 8. The van der Waals surface area contributed by atoms with E-state index in [1.54, 1.807) is 26.0 Å². The van der Waals surface area contributed by atoms with Crippen molar-refractivity contribution in [1.29, 1.82) is 0 Å². The molecule has 0 fully saturated rings. The SMILES string of the molecule is CCc1c(CC)c(/C=C2\N=C(C)c3cc4c(cc32)C(C)=N/C4=C\c2c(CC)c(CC)c(C)n2B(F)F)n(B(F)F)c1C. The van der Waals surface area contributed by atoms with E-state index in [4.69, 9.17) is 9.98 Å². The average molecular weight is 574 g/mol. The Bertz CT molecular complexity index is 1590. The molecule has 5 rings (SSSR count). The zero-order valence-corrected chi connectivity index (χ0v) is 25.6. The van der Waals surface area contributed by atoms with Crippen molar-refractivity contribution in [3.05, 3.63) is 79.4 Å². The quantitative estimate of drug-likeness (QED) is 0.192. The van der Waals surface area contributed by atoms with Gasteiger partial charge in [-0.3, -0.25) is 27.2 Å². The van der Waals surface area contributed by atoms with Crippen LogP contribution in [0.2, 0.25) is 0 Å². The monoisotopic (exact) mass is 574 g/mol. The molecule has 0 aliphatic carbocycles. The summed E-state index contributed by atoms with van der Waals surface area (Å²) in [5.41, 5.74) is 12.2. The van der Waals surface area contributed by atoms with Crippen LogP contribution in [0.1, 0.15) is 109 Å². The number of halogens is 4. The number of fused-ring (bicyclic) bond motifs is 2. The second kappa shape index (κ2) is 11.3. The number of aromatic nitrogens is 2. The van der Waals surface area contributed by atoms with E-state index in [1.165, 1.54) is 0 Å². The fourth-order valence-corrected chi connectivity index (χ4v) is 6.94. The number of benzene rings is 1. The molecule has 4 heterocycles. The van der Waals surface area contributed by atoms with Crippen molar-refractivity contribution in [3.63, 3.8) is 0 Å². The van der Waals surface area contributed by atoms with Gasteiger partial charge in [0.2, 0.25) is 0 Å². The molecule has 0 amide bonds. The minimum Gasteiger partial charge on any atom is -0.329 e. The second-order valence-electron chi connectivity index (χ2n) is 11.0. The average Bonchev–Trinajstić information content (AvgIpc) is 3.60. The van der Waals surface area contributed by atoms with Crippen LogP contribution >= 0.6 is 0 Å². The van der Waals surface area contributed by atoms with Crippen molar-refractivity contribution in [2.24, 2.45) is 9.98 Å². The highest BCUT2D eigenvalue weighted by atomic mass is 19.2. The van der Waals surface area contributed by atoms with E-state index in [2.05, 4.69) is 0 Å². The predicted octanol–water partition coefficient (Wildman–Crippen LogP) is 8.34. The highest BCUT2D eigenvalue weighted by molar-refractivity contribution is 6.42. The maximum atomic E-state index is 14.3. The lowest BCUT2D eigenvalue weighted by molar-refractivity contribution is 0.622. The Morgan fingerprint density at radius 3 is 1.19 bits per heavy atom. The van der Waals surface area contributed by atoms with Crippen LogP contribution in [-0.2, 0) is 25.7 Å². The molecule has 4 nitrogen and oxygen atoms in total. The van der Waals surface area contributed by atoms with E-state index in [0.29, 0.717) is 59.9 Å². The maximum Gasteiger partial charge on any atom is 0.677 e. The lowest BCUT2D eigenvalue weighted by atomic mass is 9.93. The summed E-state index contributed by atoms with van der Waals surface area (Å²) in [5, 5.41) is 0. The van der Waals surface area contributed by atoms with Crippen molar-refractivity contribution in [3.8, 4) is 0 Å². The highest BCUT2D eigenvalue weighted by Crippen LogP contribution is 2.40. The third kappa shape index (κ3) is 4.54. The van der Waals surface area contributed by atoms with Crippen LogP contribution in [-0.4, -0.2) is 35.2 Å². The molecule has 0 N–H and O–H groups in total. The van der Waals surface area contributed by atoms with Crippen molar-refractivity contribution >= 4 is 49.8 Å². The van der Waals surface area contributed by atoms with E-state index in [9.17, 15) is 17.3 Å². The van der Waals surface area contributed by atoms with Gasteiger partial charge in [0.05, 0.1) is 11.4 Å². The van der Waals surface area contributed by atoms with Gasteiger partial charge >= 0.3 is 14.8 Å². The van der Waals surface area contributed by atoms with Crippen molar-refractivity contribution in [1.82, 2.24) is 8.96 Å². The van der Waals surface area contributed by atoms with Crippen LogP contribution in [0.5, 0.6) is 0 Å². The minimum atomic E-state index is -2.66. The third-order valence-corrected chi connectivity index (χ3v) is 8.88. The lowest BCUT2D eigenvalue weighted by Gasteiger charge is -2.10. The summed E-state index contributed by atoms with van der Waals surface area (Å²) in [6.45, 7) is 15.3. The van der Waals surface area contributed by atoms with Gasteiger partial charge in [0, 0.05) is 56.5 Å². The van der Waals surface area contributed by atoms with E-state index >= 15 is 0 Å². The molecule has 42 heavy (non-hydrogen) atoms. The molecule has 1 aromatic carbocycles. The fourth-order valence-electron chi connectivity index (χ4n) is 6.94. The van der Waals surface area contributed by atoms with Crippen LogP contribution in [0.3, 0.4) is 0 Å². The largest absolute Gasteiger partial charge is 0.677 e. The molecule has 0 radical (unpaired) electrons. The predicted molar refractivity (Wildman–Crippen MR) is 169 cm³/mol. The van der Waals surface area contributed by atoms with Gasteiger partial charge < -0.3 is 8.96 Å². The number of aliphatic imine (C=N–C) groups is 2. The van der Waals surface area contributed by atoms with Gasteiger partial charge in [-0.1, -0.05) is 27.7 Å². The first-order valence-electron chi connectivity index (χ1n) is 14.7. The molecular weight excluding hydrogens is 538 g/mol. The second-order valence-corrected chi connectivity index (χ2v) is 11.0. The Kier molecular flexibility index (Phi) is 8.03. The van der Waals surface area contributed by atoms with Crippen LogP contribution in [0, 0.1) is 13.8 Å². The van der Waals surface area contributed by atoms with Crippen LogP contribution < -0.4 is 0 Å². The first-order valence-corrected chi connectivity index (χ1v) is 14.7. The number of hydrogen-bond donors (Lipinski definition) is 0. The van der Waals surface area contributed by atoms with E-state index in [-0.39, 0.29) is 0 Å². The molecule has 218 valence electrons. The molecule has 10 heteroatoms. The van der Waals surface area contributed by atoms with Gasteiger partial charge in [-0.05, 0) is 99.9 Å². The summed E-state index contributed by atoms with van der Waals surface area (Å²) in [6.07, 6.45) is 6.21. The standard InChI is InChI=1S/C32H36B2F4N4/c1-9-21-19(7)41(33(35)36)31(23(21)11-3)15-29-27-13-26-18(6)40-30(28(26)14-25(27)17(5)39-29)16-32-24(12-4)22(10-2)20(8)42(32)34(37)38/h13-16H,9-12H2,1-8H3/b29-15-,30-16-. The Hall–Kier alpha value is -3.55. The molecule has 2 aliphatic heterocycles. The Balaban J connectivity index is 1.68. The summed E-state index contributed by atoms with van der Waals surface area (Å²) in [4.78, 5) is 9.63. The molecule has 2 aromatic heterocycles. The normalized spacial score (nSPS) is 15.9. The van der Waals surface area contributed by atoms with Crippen LogP contribution in [0.15, 0.2) is 22.1 Å². The van der Waals surface area contributed by atoms with Crippen molar-refractivity contribution in [2.45, 2.75) is 81.1 Å². The molecule has 0 unspecified atom stereocenters. The van der Waals surface area contributed by atoms with Gasteiger partial charge in [-0.2, -0.15) is 0 Å². The Morgan fingerprint density at radius 1 is 0.571 bits per heavy atom. The van der Waals surface area contributed by atoms with Crippen LogP contribution in [0.25, 0.3) is 23.5 Å². The number of nitrogens with zero attached hydrogens (tertiary/aromatic N) is 4. The Labute approximate surface area is 246 Å². The summed E-state index contributed by atoms with van der Waals surface area (Å²) in [6, 6.07) is 4.03. The molecule has 3 aromatic rings. The van der Waals surface area contributed by atoms with Crippen LogP contribution in [0.4, 0.5) is 17.3 Å². The molecular formula is C32H36B2F4N4. The fraction of sp³-hybridized carbons (Fsp3) is 0.375. The van der Waals surface area contributed by atoms with E-state index < -0.39 is 14.8 Å². The van der Waals surface area contributed by atoms with Crippen molar-refractivity contribution < 1.29 is 17.3 Å². The zero-order chi connectivity index (χ0) is 30.6. The summed E-state index contributed by atoms with van der Waals surface area (Å²) in [5.74, 6) is 0. The first-order chi connectivity index (χ1) is 20.0. The lowest BCUT2D eigenvalue weighted by Crippen LogP contribution is -2.16. The third-order valence-electron chi connectivity index (χ3n) is 8.88.